The molecular weight excluding hydrogens is 772 g/mol. The summed E-state index contributed by atoms with van der Waals surface area (Å²) in [4.78, 5) is 78.6. The smallest absolute Gasteiger partial charge is 0.262 e. The fourth-order valence-electron chi connectivity index (χ4n) is 9.56. The van der Waals surface area contributed by atoms with Gasteiger partial charge in [0.25, 0.3) is 17.7 Å². The molecule has 0 radical (unpaired) electrons. The van der Waals surface area contributed by atoms with Crippen LogP contribution in [0.5, 0.6) is 5.75 Å². The van der Waals surface area contributed by atoms with Crippen LogP contribution in [0.4, 0.5) is 11.5 Å². The van der Waals surface area contributed by atoms with Crippen LogP contribution in [0.1, 0.15) is 88.0 Å². The number of fused-ring (bicyclic) bond motifs is 3. The minimum atomic E-state index is -0.991. The van der Waals surface area contributed by atoms with E-state index in [9.17, 15) is 29.2 Å². The summed E-state index contributed by atoms with van der Waals surface area (Å²) in [6.45, 7) is 6.28. The Balaban J connectivity index is 0.783. The third kappa shape index (κ3) is 8.36. The van der Waals surface area contributed by atoms with Gasteiger partial charge in [-0.3, -0.25) is 29.0 Å². The number of piperidine rings is 2. The molecule has 59 heavy (non-hydrogen) atoms. The molecule has 2 bridgehead atoms. The number of halogens is 1. The molecule has 0 spiro atoms. The van der Waals surface area contributed by atoms with Crippen LogP contribution < -0.4 is 19.9 Å². The first kappa shape index (κ1) is 40.3. The van der Waals surface area contributed by atoms with Gasteiger partial charge in [-0.15, -0.1) is 0 Å². The Bertz CT molecular complexity index is 2130. The number of carbonyl (C=O) groups excluding carboxylic acids is 5. The van der Waals surface area contributed by atoms with E-state index in [0.717, 1.165) is 101 Å². The van der Waals surface area contributed by atoms with Crippen molar-refractivity contribution in [3.63, 3.8) is 0 Å². The number of anilines is 2. The van der Waals surface area contributed by atoms with Crippen LogP contribution in [0.2, 0.25) is 5.02 Å². The van der Waals surface area contributed by atoms with Crippen LogP contribution in [0.15, 0.2) is 54.7 Å². The van der Waals surface area contributed by atoms with Gasteiger partial charge in [-0.05, 0) is 80.5 Å². The molecule has 14 nitrogen and oxygen atoms in total. The average Bonchev–Trinajstić information content (AvgIpc) is 3.67. The Morgan fingerprint density at radius 1 is 0.932 bits per heavy atom. The van der Waals surface area contributed by atoms with Gasteiger partial charge in [0.05, 0.1) is 33.3 Å². The first-order valence-corrected chi connectivity index (χ1v) is 21.1. The largest absolute Gasteiger partial charge is 0.490 e. The zero-order valence-corrected chi connectivity index (χ0v) is 34.0. The van der Waals surface area contributed by atoms with Crippen molar-refractivity contribution in [2.45, 2.75) is 75.6 Å². The highest BCUT2D eigenvalue weighted by Gasteiger charge is 2.45. The maximum absolute atomic E-state index is 13.7. The maximum atomic E-state index is 13.7. The number of piperazine rings is 1. The molecule has 3 atom stereocenters. The van der Waals surface area contributed by atoms with E-state index in [1.165, 1.54) is 7.05 Å². The van der Waals surface area contributed by atoms with E-state index in [-0.39, 0.29) is 48.4 Å². The number of nitrogens with zero attached hydrogens (tertiary/aromatic N) is 7. The molecule has 0 aliphatic carbocycles. The summed E-state index contributed by atoms with van der Waals surface area (Å²) in [6.07, 6.45) is 7.83. The second-order valence-electron chi connectivity index (χ2n) is 16.3. The molecule has 3 unspecified atom stereocenters. The maximum Gasteiger partial charge on any atom is 0.262 e. The van der Waals surface area contributed by atoms with Crippen LogP contribution in [0.25, 0.3) is 0 Å². The predicted octanol–water partition coefficient (Wildman–Crippen LogP) is 4.55. The first-order chi connectivity index (χ1) is 28.6. The van der Waals surface area contributed by atoms with Crippen molar-refractivity contribution < 1.29 is 28.7 Å². The van der Waals surface area contributed by atoms with Crippen LogP contribution in [-0.2, 0) is 9.59 Å². The Labute approximate surface area is 349 Å². The lowest BCUT2D eigenvalue weighted by atomic mass is 9.95. The van der Waals surface area contributed by atoms with Gasteiger partial charge in [0.15, 0.2) is 0 Å². The molecular formula is C44H49ClN8O6. The zero-order chi connectivity index (χ0) is 41.2. The SMILES string of the molecule is CNC(=O)CCC(C=O)N1C(=O)c2ccc(N3CCC(CN4CCN(c5ccc(C(=O)N6C7CCC6CC(Oc6ccc(C#N)c(Cl)c6)C7)cn5)CC4)CC3)cc2C1=O. The number of aromatic nitrogens is 1. The summed E-state index contributed by atoms with van der Waals surface area (Å²) in [5, 5.41) is 12.1. The highest BCUT2D eigenvalue weighted by molar-refractivity contribution is 6.31. The number of benzene rings is 2. The molecule has 3 aromatic rings. The standard InChI is InChI=1S/C44H49ClN8O6/c1-47-41(55)11-7-34(27-54)53-43(57)37-9-6-31(22-38(37)44(53)58)50-14-12-28(13-15-50)26-49-16-18-51(19-17-49)40-10-3-30(25-48-40)42(56)52-32-4-5-33(52)21-36(20-32)59-35-8-2-29(24-46)39(45)23-35/h2-3,6,8-10,22-23,25,27-28,32-34,36H,4-5,7,11-21,26H2,1H3,(H,47,55). The van der Waals surface area contributed by atoms with Gasteiger partial charge in [-0.25, -0.2) is 4.98 Å². The number of imide groups is 1. The van der Waals surface area contributed by atoms with Gasteiger partial charge in [0.1, 0.15) is 30.0 Å². The highest BCUT2D eigenvalue weighted by atomic mass is 35.5. The van der Waals surface area contributed by atoms with Gasteiger partial charge >= 0.3 is 0 Å². The number of amides is 4. The average molecular weight is 821 g/mol. The molecule has 308 valence electrons. The summed E-state index contributed by atoms with van der Waals surface area (Å²) in [5.74, 6) is 0.852. The zero-order valence-electron chi connectivity index (χ0n) is 33.2. The normalized spacial score (nSPS) is 22.6. The summed E-state index contributed by atoms with van der Waals surface area (Å²) in [5.41, 5.74) is 2.51. The molecule has 4 fully saturated rings. The lowest BCUT2D eigenvalue weighted by molar-refractivity contribution is -0.121. The van der Waals surface area contributed by atoms with Gasteiger partial charge in [-0.2, -0.15) is 5.26 Å². The van der Waals surface area contributed by atoms with Crippen LogP contribution in [0, 0.1) is 17.2 Å². The molecule has 6 heterocycles. The predicted molar refractivity (Wildman–Crippen MR) is 221 cm³/mol. The minimum Gasteiger partial charge on any atom is -0.490 e. The van der Waals surface area contributed by atoms with Crippen molar-refractivity contribution >= 4 is 53.0 Å². The number of carbonyl (C=O) groups is 5. The number of ether oxygens (including phenoxy) is 1. The molecule has 4 amide bonds. The van der Waals surface area contributed by atoms with Crippen molar-refractivity contribution in [1.29, 1.82) is 5.26 Å². The van der Waals surface area contributed by atoms with E-state index in [1.807, 2.05) is 23.1 Å². The number of pyridine rings is 1. The highest BCUT2D eigenvalue weighted by Crippen LogP contribution is 2.39. The molecule has 1 aromatic heterocycles. The van der Waals surface area contributed by atoms with Gasteiger partial charge in [-0.1, -0.05) is 11.6 Å². The third-order valence-corrected chi connectivity index (χ3v) is 13.1. The van der Waals surface area contributed by atoms with E-state index in [2.05, 4.69) is 26.1 Å². The lowest BCUT2D eigenvalue weighted by Gasteiger charge is -2.40. The number of aldehydes is 1. The van der Waals surface area contributed by atoms with E-state index in [4.69, 9.17) is 21.3 Å². The molecule has 2 aromatic carbocycles. The summed E-state index contributed by atoms with van der Waals surface area (Å²) in [6, 6.07) is 15.7. The third-order valence-electron chi connectivity index (χ3n) is 12.8. The van der Waals surface area contributed by atoms with Crippen LogP contribution >= 0.6 is 11.6 Å². The molecule has 1 N–H and O–H groups in total. The summed E-state index contributed by atoms with van der Waals surface area (Å²) >= 11 is 6.22. The molecule has 8 rings (SSSR count). The fourth-order valence-corrected chi connectivity index (χ4v) is 9.77. The number of hydrogen-bond donors (Lipinski definition) is 1. The number of nitrogens with one attached hydrogen (secondary N) is 1. The molecule has 5 aliphatic rings. The summed E-state index contributed by atoms with van der Waals surface area (Å²) < 4.78 is 6.26. The molecule has 15 heteroatoms. The van der Waals surface area contributed by atoms with Crippen molar-refractivity contribution in [3.05, 3.63) is 82.0 Å². The molecule has 5 aliphatic heterocycles. The van der Waals surface area contributed by atoms with Gasteiger partial charge in [0, 0.05) is 102 Å². The number of nitriles is 1. The summed E-state index contributed by atoms with van der Waals surface area (Å²) in [7, 11) is 1.50. The Morgan fingerprint density at radius 3 is 2.31 bits per heavy atom. The Hall–Kier alpha value is -5.52. The van der Waals surface area contributed by atoms with E-state index >= 15 is 0 Å². The molecule has 0 saturated carbocycles. The lowest BCUT2D eigenvalue weighted by Crippen LogP contribution is -2.49. The van der Waals surface area contributed by atoms with Gasteiger partial charge < -0.3 is 29.5 Å². The van der Waals surface area contributed by atoms with Crippen molar-refractivity contribution in [2.75, 3.05) is 62.7 Å². The topological polar surface area (TPSA) is 159 Å². The fraction of sp³-hybridized carbons (Fsp3) is 0.477. The van der Waals surface area contributed by atoms with E-state index in [0.29, 0.717) is 39.7 Å². The molecule has 4 saturated heterocycles. The van der Waals surface area contributed by atoms with Gasteiger partial charge in [0.2, 0.25) is 5.91 Å². The van der Waals surface area contributed by atoms with Crippen LogP contribution in [-0.4, -0.2) is 127 Å². The second-order valence-corrected chi connectivity index (χ2v) is 16.7. The van der Waals surface area contributed by atoms with E-state index < -0.39 is 17.9 Å². The Kier molecular flexibility index (Phi) is 11.9. The minimum absolute atomic E-state index is 0.0168. The van der Waals surface area contributed by atoms with Crippen LogP contribution in [0.3, 0.4) is 0 Å². The van der Waals surface area contributed by atoms with E-state index in [1.54, 1.807) is 36.5 Å². The second kappa shape index (κ2) is 17.4. The Morgan fingerprint density at radius 2 is 1.66 bits per heavy atom. The monoisotopic (exact) mass is 820 g/mol. The van der Waals surface area contributed by atoms with Crippen molar-refractivity contribution in [1.82, 2.24) is 25.0 Å². The van der Waals surface area contributed by atoms with Crippen molar-refractivity contribution in [3.8, 4) is 11.8 Å². The number of rotatable bonds is 12. The quantitative estimate of drug-likeness (QED) is 0.202. The number of hydrogen-bond acceptors (Lipinski definition) is 11. The van der Waals surface area contributed by atoms with Crippen molar-refractivity contribution in [2.24, 2.45) is 5.92 Å². The first-order valence-electron chi connectivity index (χ1n) is 20.7.